The van der Waals surface area contributed by atoms with E-state index in [0.29, 0.717) is 12.6 Å². The van der Waals surface area contributed by atoms with Crippen molar-refractivity contribution in [3.05, 3.63) is 29.8 Å². The van der Waals surface area contributed by atoms with Gasteiger partial charge in [0.1, 0.15) is 0 Å². The van der Waals surface area contributed by atoms with E-state index in [4.69, 9.17) is 10.5 Å². The number of hydrogen-bond donors (Lipinski definition) is 2. The van der Waals surface area contributed by atoms with Crippen LogP contribution in [0.2, 0.25) is 0 Å². The average Bonchev–Trinajstić information content (AvgIpc) is 2.27. The maximum absolute atomic E-state index is 5.72. The lowest BCUT2D eigenvalue weighted by atomic mass is 10.2. The lowest BCUT2D eigenvalue weighted by Gasteiger charge is -2.07. The van der Waals surface area contributed by atoms with Crippen LogP contribution in [-0.2, 0) is 11.3 Å². The molecule has 0 saturated heterocycles. The monoisotopic (exact) mass is 221 g/mol. The van der Waals surface area contributed by atoms with E-state index in [9.17, 15) is 0 Å². The Morgan fingerprint density at radius 1 is 1.50 bits per heavy atom. The van der Waals surface area contributed by atoms with Gasteiger partial charge in [-0.2, -0.15) is 0 Å². The molecule has 3 N–H and O–H groups in total. The van der Waals surface area contributed by atoms with Gasteiger partial charge in [0.2, 0.25) is 0 Å². The number of nitrogens with one attached hydrogen (secondary N) is 1. The van der Waals surface area contributed by atoms with Gasteiger partial charge in [0.15, 0.2) is 5.96 Å². The molecular weight excluding hydrogens is 202 g/mol. The van der Waals surface area contributed by atoms with Gasteiger partial charge in [-0.15, -0.1) is 0 Å². The Labute approximate surface area is 96.5 Å². The average molecular weight is 221 g/mol. The summed E-state index contributed by atoms with van der Waals surface area (Å²) in [5, 5.41) is 3.05. The van der Waals surface area contributed by atoms with E-state index in [1.54, 1.807) is 7.11 Å². The fourth-order valence-electron chi connectivity index (χ4n) is 1.33. The van der Waals surface area contributed by atoms with E-state index in [2.05, 4.69) is 17.2 Å². The summed E-state index contributed by atoms with van der Waals surface area (Å²) in [5.41, 5.74) is 7.77. The van der Waals surface area contributed by atoms with Crippen molar-refractivity contribution in [2.45, 2.75) is 20.0 Å². The molecule has 0 atom stereocenters. The molecule has 4 nitrogen and oxygen atoms in total. The van der Waals surface area contributed by atoms with Crippen LogP contribution >= 0.6 is 0 Å². The maximum atomic E-state index is 5.72. The van der Waals surface area contributed by atoms with Gasteiger partial charge in [-0.05, 0) is 24.1 Å². The largest absolute Gasteiger partial charge is 0.380 e. The van der Waals surface area contributed by atoms with Gasteiger partial charge in [0.25, 0.3) is 0 Å². The van der Waals surface area contributed by atoms with Gasteiger partial charge in [-0.25, -0.2) is 0 Å². The maximum Gasteiger partial charge on any atom is 0.193 e. The summed E-state index contributed by atoms with van der Waals surface area (Å²) in [6.07, 6.45) is 0.992. The number of guanidine groups is 1. The van der Waals surface area contributed by atoms with Crippen LogP contribution in [0.5, 0.6) is 0 Å². The molecule has 0 unspecified atom stereocenters. The Morgan fingerprint density at radius 3 is 3.00 bits per heavy atom. The normalized spacial score (nSPS) is 11.5. The summed E-state index contributed by atoms with van der Waals surface area (Å²) in [4.78, 5) is 4.17. The van der Waals surface area contributed by atoms with Crippen LogP contribution in [0, 0.1) is 0 Å². The number of rotatable bonds is 5. The zero-order chi connectivity index (χ0) is 11.8. The van der Waals surface area contributed by atoms with Gasteiger partial charge in [-0.1, -0.05) is 19.1 Å². The van der Waals surface area contributed by atoms with Crippen LogP contribution < -0.4 is 11.1 Å². The first kappa shape index (κ1) is 12.5. The summed E-state index contributed by atoms with van der Waals surface area (Å²) in [7, 11) is 1.68. The van der Waals surface area contributed by atoms with E-state index in [1.165, 1.54) is 0 Å². The third-order valence-electron chi connectivity index (χ3n) is 2.02. The topological polar surface area (TPSA) is 59.6 Å². The van der Waals surface area contributed by atoms with Crippen LogP contribution in [-0.4, -0.2) is 19.6 Å². The van der Waals surface area contributed by atoms with Gasteiger partial charge in [0.05, 0.1) is 6.61 Å². The smallest absolute Gasteiger partial charge is 0.193 e. The summed E-state index contributed by atoms with van der Waals surface area (Å²) in [5.74, 6) is 0.455. The zero-order valence-electron chi connectivity index (χ0n) is 9.86. The lowest BCUT2D eigenvalue weighted by Crippen LogP contribution is -2.22. The lowest BCUT2D eigenvalue weighted by molar-refractivity contribution is 0.185. The molecule has 0 bridgehead atoms. The Hall–Kier alpha value is -1.55. The zero-order valence-corrected chi connectivity index (χ0v) is 9.86. The van der Waals surface area contributed by atoms with E-state index >= 15 is 0 Å². The highest BCUT2D eigenvalue weighted by atomic mass is 16.5. The highest BCUT2D eigenvalue weighted by molar-refractivity contribution is 5.92. The third kappa shape index (κ3) is 4.31. The summed E-state index contributed by atoms with van der Waals surface area (Å²) in [6, 6.07) is 7.92. The second kappa shape index (κ2) is 6.85. The molecule has 0 heterocycles. The Bertz CT molecular complexity index is 350. The van der Waals surface area contributed by atoms with E-state index in [1.807, 2.05) is 24.3 Å². The molecule has 0 amide bonds. The highest BCUT2D eigenvalue weighted by Crippen LogP contribution is 2.10. The number of hydrogen-bond acceptors (Lipinski definition) is 2. The van der Waals surface area contributed by atoms with Crippen LogP contribution in [0.3, 0.4) is 0 Å². The molecule has 0 fully saturated rings. The second-order valence-electron chi connectivity index (χ2n) is 3.53. The summed E-state index contributed by atoms with van der Waals surface area (Å²) >= 11 is 0. The number of benzene rings is 1. The molecule has 16 heavy (non-hydrogen) atoms. The van der Waals surface area contributed by atoms with E-state index in [0.717, 1.165) is 24.2 Å². The van der Waals surface area contributed by atoms with Crippen LogP contribution in [0.15, 0.2) is 29.3 Å². The predicted octanol–water partition coefficient (Wildman–Crippen LogP) is 1.97. The minimum atomic E-state index is 0.455. The molecule has 0 saturated carbocycles. The number of ether oxygens (including phenoxy) is 1. The van der Waals surface area contributed by atoms with Gasteiger partial charge in [-0.3, -0.25) is 4.99 Å². The van der Waals surface area contributed by atoms with Crippen molar-refractivity contribution in [1.82, 2.24) is 0 Å². The SMILES string of the molecule is CCCN=C(N)Nc1cccc(COC)c1. The molecule has 1 rings (SSSR count). The molecule has 0 aliphatic rings. The second-order valence-corrected chi connectivity index (χ2v) is 3.53. The third-order valence-corrected chi connectivity index (χ3v) is 2.02. The van der Waals surface area contributed by atoms with Crippen molar-refractivity contribution >= 4 is 11.6 Å². The van der Waals surface area contributed by atoms with Crippen molar-refractivity contribution in [1.29, 1.82) is 0 Å². The first-order chi connectivity index (χ1) is 7.76. The number of nitrogens with two attached hydrogens (primary N) is 1. The molecular formula is C12H19N3O. The van der Waals surface area contributed by atoms with E-state index in [-0.39, 0.29) is 0 Å². The summed E-state index contributed by atoms with van der Waals surface area (Å²) < 4.78 is 5.06. The molecule has 0 aliphatic carbocycles. The number of methoxy groups -OCH3 is 1. The fraction of sp³-hybridized carbons (Fsp3) is 0.417. The van der Waals surface area contributed by atoms with Gasteiger partial charge >= 0.3 is 0 Å². The highest BCUT2D eigenvalue weighted by Gasteiger charge is 1.96. The van der Waals surface area contributed by atoms with Crippen molar-refractivity contribution in [3.8, 4) is 0 Å². The number of nitrogens with zero attached hydrogens (tertiary/aromatic N) is 1. The molecule has 0 aromatic heterocycles. The minimum absolute atomic E-state index is 0.455. The van der Waals surface area contributed by atoms with Crippen LogP contribution in [0.4, 0.5) is 5.69 Å². The van der Waals surface area contributed by atoms with Crippen LogP contribution in [0.25, 0.3) is 0 Å². The molecule has 4 heteroatoms. The quantitative estimate of drug-likeness (QED) is 0.590. The first-order valence-electron chi connectivity index (χ1n) is 5.41. The summed E-state index contributed by atoms with van der Waals surface area (Å²) in [6.45, 7) is 3.41. The molecule has 0 spiro atoms. The van der Waals surface area contributed by atoms with Crippen molar-refractivity contribution < 1.29 is 4.74 Å². The molecule has 1 aromatic carbocycles. The fourth-order valence-corrected chi connectivity index (χ4v) is 1.33. The Morgan fingerprint density at radius 2 is 2.31 bits per heavy atom. The van der Waals surface area contributed by atoms with Crippen molar-refractivity contribution in [2.24, 2.45) is 10.7 Å². The molecule has 1 aromatic rings. The van der Waals surface area contributed by atoms with E-state index < -0.39 is 0 Å². The minimum Gasteiger partial charge on any atom is -0.380 e. The van der Waals surface area contributed by atoms with Gasteiger partial charge < -0.3 is 15.8 Å². The molecule has 0 aliphatic heterocycles. The molecule has 0 radical (unpaired) electrons. The van der Waals surface area contributed by atoms with Crippen molar-refractivity contribution in [2.75, 3.05) is 19.0 Å². The van der Waals surface area contributed by atoms with Crippen LogP contribution in [0.1, 0.15) is 18.9 Å². The predicted molar refractivity (Wildman–Crippen MR) is 67.6 cm³/mol. The molecule has 88 valence electrons. The first-order valence-corrected chi connectivity index (χ1v) is 5.41. The Balaban J connectivity index is 2.62. The van der Waals surface area contributed by atoms with Gasteiger partial charge in [0, 0.05) is 19.3 Å². The Kier molecular flexibility index (Phi) is 5.36. The standard InChI is InChI=1S/C12H19N3O/c1-3-7-14-12(13)15-11-6-4-5-10(8-11)9-16-2/h4-6,8H,3,7,9H2,1-2H3,(H3,13,14,15). The number of anilines is 1. The van der Waals surface area contributed by atoms with Crippen molar-refractivity contribution in [3.63, 3.8) is 0 Å². The number of aliphatic imine (C=N–C) groups is 1.